The maximum atomic E-state index is 12.9. The molecule has 1 aromatic heterocycles. The molecule has 0 atom stereocenters. The third-order valence-electron chi connectivity index (χ3n) is 5.12. The highest BCUT2D eigenvalue weighted by atomic mass is 16.2. The van der Waals surface area contributed by atoms with Gasteiger partial charge in [0.25, 0.3) is 11.8 Å². The Morgan fingerprint density at radius 3 is 2.41 bits per heavy atom. The predicted octanol–water partition coefficient (Wildman–Crippen LogP) is 4.34. The number of nitrogens with zero attached hydrogens (tertiary/aromatic N) is 2. The van der Waals surface area contributed by atoms with E-state index in [1.54, 1.807) is 0 Å². The molecule has 0 fully saturated rings. The highest BCUT2D eigenvalue weighted by Gasteiger charge is 2.27. The molecule has 29 heavy (non-hydrogen) atoms. The molecule has 1 aliphatic rings. The first-order valence-electron chi connectivity index (χ1n) is 9.87. The monoisotopic (exact) mass is 388 g/mol. The summed E-state index contributed by atoms with van der Waals surface area (Å²) in [6.45, 7) is 4.66. The number of carbonyl (C=O) groups excluding carboxylic acids is 2. The van der Waals surface area contributed by atoms with E-state index in [1.165, 1.54) is 0 Å². The van der Waals surface area contributed by atoms with Crippen molar-refractivity contribution in [1.29, 1.82) is 0 Å². The number of amides is 2. The standard InChI is InChI=1S/C23H24N4O2/c1-15-9-11-17(12-10-15)24-23(29)21-26-20(19-8-3-4-13-27(19)21)22(28)25-18-7-5-6-16(2)14-18/h5-7,9-12,14H,3-4,8,13H2,1-2H3,(H,24,29)(H,25,28). The molecule has 0 aliphatic carbocycles. The maximum absolute atomic E-state index is 12.9. The van der Waals surface area contributed by atoms with Crippen LogP contribution in [0.15, 0.2) is 48.5 Å². The summed E-state index contributed by atoms with van der Waals surface area (Å²) in [4.78, 5) is 30.3. The fourth-order valence-corrected chi connectivity index (χ4v) is 3.64. The molecule has 4 rings (SSSR count). The highest BCUT2D eigenvalue weighted by Crippen LogP contribution is 2.23. The van der Waals surface area contributed by atoms with Gasteiger partial charge in [-0.3, -0.25) is 9.59 Å². The van der Waals surface area contributed by atoms with Crippen molar-refractivity contribution in [3.8, 4) is 0 Å². The summed E-state index contributed by atoms with van der Waals surface area (Å²) in [5.74, 6) is -0.295. The third-order valence-corrected chi connectivity index (χ3v) is 5.12. The smallest absolute Gasteiger partial charge is 0.291 e. The van der Waals surface area contributed by atoms with Crippen LogP contribution in [0.5, 0.6) is 0 Å². The third kappa shape index (κ3) is 4.06. The number of aromatic nitrogens is 2. The van der Waals surface area contributed by atoms with E-state index in [4.69, 9.17) is 0 Å². The zero-order valence-corrected chi connectivity index (χ0v) is 16.7. The van der Waals surface area contributed by atoms with Crippen LogP contribution in [0, 0.1) is 13.8 Å². The van der Waals surface area contributed by atoms with Crippen molar-refractivity contribution < 1.29 is 9.59 Å². The van der Waals surface area contributed by atoms with Gasteiger partial charge in [-0.05, 0) is 62.9 Å². The summed E-state index contributed by atoms with van der Waals surface area (Å²) in [6.07, 6.45) is 2.68. The fourth-order valence-electron chi connectivity index (χ4n) is 3.64. The first-order chi connectivity index (χ1) is 14.0. The predicted molar refractivity (Wildman–Crippen MR) is 113 cm³/mol. The molecule has 2 N–H and O–H groups in total. The van der Waals surface area contributed by atoms with Gasteiger partial charge in [0, 0.05) is 17.9 Å². The minimum absolute atomic E-state index is 0.282. The van der Waals surface area contributed by atoms with Crippen LogP contribution in [0.1, 0.15) is 50.8 Å². The summed E-state index contributed by atoms with van der Waals surface area (Å²) < 4.78 is 1.89. The van der Waals surface area contributed by atoms with E-state index in [1.807, 2.05) is 66.9 Å². The molecular formula is C23H24N4O2. The quantitative estimate of drug-likeness (QED) is 0.698. The molecule has 148 valence electrons. The van der Waals surface area contributed by atoms with Crippen molar-refractivity contribution in [3.63, 3.8) is 0 Å². The Morgan fingerprint density at radius 1 is 0.897 bits per heavy atom. The molecule has 0 bridgehead atoms. The SMILES string of the molecule is Cc1ccc(NC(=O)c2nc(C(=O)Nc3cccc(C)c3)c3n2CCCC3)cc1. The summed E-state index contributed by atoms with van der Waals surface area (Å²) in [6, 6.07) is 15.2. The van der Waals surface area contributed by atoms with E-state index >= 15 is 0 Å². The number of hydrogen-bond donors (Lipinski definition) is 2. The normalized spacial score (nSPS) is 12.9. The van der Waals surface area contributed by atoms with Gasteiger partial charge in [-0.25, -0.2) is 4.98 Å². The first-order valence-corrected chi connectivity index (χ1v) is 9.87. The lowest BCUT2D eigenvalue weighted by Gasteiger charge is -2.17. The molecule has 0 radical (unpaired) electrons. The number of hydrogen-bond acceptors (Lipinski definition) is 3. The molecule has 0 saturated heterocycles. The van der Waals surface area contributed by atoms with Crippen molar-refractivity contribution in [2.45, 2.75) is 39.7 Å². The van der Waals surface area contributed by atoms with Crippen molar-refractivity contribution >= 4 is 23.2 Å². The van der Waals surface area contributed by atoms with Crippen molar-refractivity contribution in [3.05, 3.63) is 76.9 Å². The van der Waals surface area contributed by atoms with E-state index in [-0.39, 0.29) is 17.6 Å². The Hall–Kier alpha value is -3.41. The van der Waals surface area contributed by atoms with Gasteiger partial charge in [0.05, 0.1) is 5.69 Å². The van der Waals surface area contributed by atoms with Crippen LogP contribution < -0.4 is 10.6 Å². The number of imidazole rings is 1. The summed E-state index contributed by atoms with van der Waals surface area (Å²) in [7, 11) is 0. The molecule has 3 aromatic rings. The van der Waals surface area contributed by atoms with Gasteiger partial charge >= 0.3 is 0 Å². The van der Waals surface area contributed by atoms with Crippen LogP contribution in [-0.4, -0.2) is 21.4 Å². The summed E-state index contributed by atoms with van der Waals surface area (Å²) >= 11 is 0. The lowest BCUT2D eigenvalue weighted by Crippen LogP contribution is -2.21. The molecule has 0 saturated carbocycles. The van der Waals surface area contributed by atoms with E-state index < -0.39 is 0 Å². The lowest BCUT2D eigenvalue weighted by molar-refractivity contribution is 0.101. The molecule has 6 heteroatoms. The van der Waals surface area contributed by atoms with Crippen LogP contribution in [0.25, 0.3) is 0 Å². The van der Waals surface area contributed by atoms with Crippen LogP contribution in [0.4, 0.5) is 11.4 Å². The van der Waals surface area contributed by atoms with Gasteiger partial charge in [-0.15, -0.1) is 0 Å². The molecule has 2 aromatic carbocycles. The molecule has 0 unspecified atom stereocenters. The molecule has 6 nitrogen and oxygen atoms in total. The van der Waals surface area contributed by atoms with Crippen LogP contribution in [0.3, 0.4) is 0 Å². The fraction of sp³-hybridized carbons (Fsp3) is 0.261. The van der Waals surface area contributed by atoms with Crippen molar-refractivity contribution in [2.24, 2.45) is 0 Å². The van der Waals surface area contributed by atoms with Gasteiger partial charge in [-0.2, -0.15) is 0 Å². The van der Waals surface area contributed by atoms with E-state index in [2.05, 4.69) is 15.6 Å². The number of nitrogens with one attached hydrogen (secondary N) is 2. The first kappa shape index (κ1) is 18.9. The van der Waals surface area contributed by atoms with Gasteiger partial charge in [0.2, 0.25) is 0 Å². The second kappa shape index (κ2) is 7.91. The van der Waals surface area contributed by atoms with Crippen molar-refractivity contribution in [2.75, 3.05) is 10.6 Å². The largest absolute Gasteiger partial charge is 0.323 e. The van der Waals surface area contributed by atoms with Gasteiger partial charge in [-0.1, -0.05) is 29.8 Å². The number of anilines is 2. The second-order valence-corrected chi connectivity index (χ2v) is 7.48. The lowest BCUT2D eigenvalue weighted by atomic mass is 10.1. The van der Waals surface area contributed by atoms with Gasteiger partial charge < -0.3 is 15.2 Å². The van der Waals surface area contributed by atoms with E-state index in [0.29, 0.717) is 17.9 Å². The number of benzene rings is 2. The van der Waals surface area contributed by atoms with Crippen LogP contribution >= 0.6 is 0 Å². The van der Waals surface area contributed by atoms with Crippen molar-refractivity contribution in [1.82, 2.24) is 9.55 Å². The molecular weight excluding hydrogens is 364 g/mol. The minimum Gasteiger partial charge on any atom is -0.323 e. The Morgan fingerprint density at radius 2 is 1.66 bits per heavy atom. The van der Waals surface area contributed by atoms with Gasteiger partial charge in [0.15, 0.2) is 11.5 Å². The number of fused-ring (bicyclic) bond motifs is 1. The molecule has 0 spiro atoms. The molecule has 2 amide bonds. The summed E-state index contributed by atoms with van der Waals surface area (Å²) in [5, 5.41) is 5.80. The average molecular weight is 388 g/mol. The number of aryl methyl sites for hydroxylation is 2. The number of rotatable bonds is 4. The number of carbonyl (C=O) groups is 2. The topological polar surface area (TPSA) is 76.0 Å². The zero-order valence-electron chi connectivity index (χ0n) is 16.7. The zero-order chi connectivity index (χ0) is 20.4. The van der Waals surface area contributed by atoms with E-state index in [9.17, 15) is 9.59 Å². The molecule has 1 aliphatic heterocycles. The second-order valence-electron chi connectivity index (χ2n) is 7.48. The van der Waals surface area contributed by atoms with E-state index in [0.717, 1.165) is 41.8 Å². The Labute approximate surface area is 170 Å². The van der Waals surface area contributed by atoms with Gasteiger partial charge in [0.1, 0.15) is 0 Å². The molecule has 2 heterocycles. The Balaban J connectivity index is 1.62. The average Bonchev–Trinajstić information content (AvgIpc) is 3.10. The maximum Gasteiger partial charge on any atom is 0.291 e. The highest BCUT2D eigenvalue weighted by molar-refractivity contribution is 6.07. The summed E-state index contributed by atoms with van der Waals surface area (Å²) in [5.41, 5.74) is 4.78. The minimum atomic E-state index is -0.299. The Kier molecular flexibility index (Phi) is 5.16. The Bertz CT molecular complexity index is 1070. The van der Waals surface area contributed by atoms with Crippen LogP contribution in [-0.2, 0) is 13.0 Å². The van der Waals surface area contributed by atoms with Crippen LogP contribution in [0.2, 0.25) is 0 Å².